The average molecular weight is 399 g/mol. The lowest BCUT2D eigenvalue weighted by Crippen LogP contribution is -2.45. The van der Waals surface area contributed by atoms with Gasteiger partial charge in [0.2, 0.25) is 0 Å². The quantitative estimate of drug-likeness (QED) is 0.591. The van der Waals surface area contributed by atoms with Gasteiger partial charge in [0.25, 0.3) is 5.91 Å². The first-order chi connectivity index (χ1) is 13.0. The summed E-state index contributed by atoms with van der Waals surface area (Å²) in [6.45, 7) is 0. The lowest BCUT2D eigenvalue weighted by molar-refractivity contribution is -0.145. The van der Waals surface area contributed by atoms with Crippen LogP contribution in [-0.4, -0.2) is 39.4 Å². The predicted octanol–water partition coefficient (Wildman–Crippen LogP) is 3.59. The van der Waals surface area contributed by atoms with E-state index >= 15 is 0 Å². The molecule has 2 aromatic carbocycles. The minimum absolute atomic E-state index is 0.193. The first kappa shape index (κ1) is 19.1. The number of carboxylic acid groups (broad SMARTS) is 1. The van der Waals surface area contributed by atoms with Gasteiger partial charge in [-0.15, -0.1) is 0 Å². The molecule has 0 saturated carbocycles. The molecule has 1 saturated heterocycles. The fourth-order valence-corrected chi connectivity index (χ4v) is 4.08. The Balaban J connectivity index is 1.84. The van der Waals surface area contributed by atoms with Crippen molar-refractivity contribution in [1.29, 1.82) is 0 Å². The number of thiocarbonyl (C=S) groups is 1. The maximum atomic E-state index is 12.8. The third-order valence-electron chi connectivity index (χ3n) is 4.11. The second-order valence-electron chi connectivity index (χ2n) is 5.87. The Morgan fingerprint density at radius 2 is 1.89 bits per heavy atom. The van der Waals surface area contributed by atoms with Gasteiger partial charge in [0.05, 0.1) is 12.0 Å². The summed E-state index contributed by atoms with van der Waals surface area (Å²) >= 11 is 6.42. The van der Waals surface area contributed by atoms with E-state index in [2.05, 4.69) is 0 Å². The van der Waals surface area contributed by atoms with Crippen molar-refractivity contribution in [3.8, 4) is 5.75 Å². The van der Waals surface area contributed by atoms with Crippen molar-refractivity contribution in [3.63, 3.8) is 0 Å². The molecule has 1 heterocycles. The van der Waals surface area contributed by atoms with Crippen molar-refractivity contribution in [3.05, 3.63) is 70.6 Å². The Bertz CT molecular complexity index is 894. The second kappa shape index (κ2) is 8.37. The highest BCUT2D eigenvalue weighted by molar-refractivity contribution is 8.26. The summed E-state index contributed by atoms with van der Waals surface area (Å²) in [5, 5.41) is 9.67. The van der Waals surface area contributed by atoms with E-state index < -0.39 is 12.0 Å². The molecule has 1 aliphatic heterocycles. The number of carbonyl (C=O) groups is 2. The number of aliphatic carboxylic acids is 1. The molecule has 0 unspecified atom stereocenters. The van der Waals surface area contributed by atoms with Crippen LogP contribution in [0.15, 0.2) is 59.5 Å². The standard InChI is InChI=1S/C20H17NO4S2/c1-25-15-9-7-14(8-10-15)12-17-18(22)21(20(26)27-17)16(19(23)24)11-13-5-3-2-4-6-13/h2-10,12,16H,11H2,1H3,(H,23,24)/b17-12+/t16-/m1/s1. The van der Waals surface area contributed by atoms with Crippen LogP contribution in [0.4, 0.5) is 0 Å². The third-order valence-corrected chi connectivity index (χ3v) is 5.44. The number of methoxy groups -OCH3 is 1. The molecule has 1 amide bonds. The topological polar surface area (TPSA) is 66.8 Å². The van der Waals surface area contributed by atoms with Gasteiger partial charge in [0.15, 0.2) is 0 Å². The van der Waals surface area contributed by atoms with Crippen LogP contribution in [0.3, 0.4) is 0 Å². The summed E-state index contributed by atoms with van der Waals surface area (Å²) in [6.07, 6.45) is 1.90. The van der Waals surface area contributed by atoms with E-state index in [1.54, 1.807) is 25.3 Å². The van der Waals surface area contributed by atoms with E-state index in [1.165, 1.54) is 4.90 Å². The molecule has 2 aromatic rings. The molecule has 0 aromatic heterocycles. The summed E-state index contributed by atoms with van der Waals surface area (Å²) in [5.74, 6) is -0.751. The van der Waals surface area contributed by atoms with Crippen molar-refractivity contribution < 1.29 is 19.4 Å². The lowest BCUT2D eigenvalue weighted by atomic mass is 10.0. The van der Waals surface area contributed by atoms with E-state index in [0.29, 0.717) is 10.7 Å². The van der Waals surface area contributed by atoms with Crippen molar-refractivity contribution in [1.82, 2.24) is 4.90 Å². The predicted molar refractivity (Wildman–Crippen MR) is 110 cm³/mol. The summed E-state index contributed by atoms with van der Waals surface area (Å²) in [4.78, 5) is 26.3. The molecule has 1 fully saturated rings. The number of ether oxygens (including phenoxy) is 1. The number of thioether (sulfide) groups is 1. The van der Waals surface area contributed by atoms with Gasteiger partial charge in [0, 0.05) is 6.42 Å². The minimum atomic E-state index is -1.08. The maximum Gasteiger partial charge on any atom is 0.327 e. The normalized spacial score (nSPS) is 16.6. The molecular formula is C20H17NO4S2. The molecular weight excluding hydrogens is 382 g/mol. The highest BCUT2D eigenvalue weighted by Crippen LogP contribution is 2.35. The number of carbonyl (C=O) groups excluding carboxylic acids is 1. The zero-order chi connectivity index (χ0) is 19.4. The van der Waals surface area contributed by atoms with E-state index in [9.17, 15) is 14.7 Å². The number of amides is 1. The Kier molecular flexibility index (Phi) is 5.93. The Labute approximate surface area is 166 Å². The SMILES string of the molecule is COc1ccc(/C=C2/SC(=S)N([C@H](Cc3ccccc3)C(=O)O)C2=O)cc1. The summed E-state index contributed by atoms with van der Waals surface area (Å²) in [7, 11) is 1.58. The zero-order valence-electron chi connectivity index (χ0n) is 14.5. The molecule has 27 heavy (non-hydrogen) atoms. The van der Waals surface area contributed by atoms with Crippen molar-refractivity contribution >= 4 is 46.3 Å². The smallest absolute Gasteiger partial charge is 0.327 e. The average Bonchev–Trinajstić information content (AvgIpc) is 2.94. The molecule has 5 nitrogen and oxygen atoms in total. The van der Waals surface area contributed by atoms with Crippen LogP contribution in [0, 0.1) is 0 Å². The van der Waals surface area contributed by atoms with Crippen molar-refractivity contribution in [2.75, 3.05) is 7.11 Å². The highest BCUT2D eigenvalue weighted by Gasteiger charge is 2.40. The van der Waals surface area contributed by atoms with Crippen molar-refractivity contribution in [2.45, 2.75) is 12.5 Å². The number of hydrogen-bond acceptors (Lipinski definition) is 5. The van der Waals surface area contributed by atoms with E-state index in [-0.39, 0.29) is 16.6 Å². The molecule has 3 rings (SSSR count). The first-order valence-corrected chi connectivity index (χ1v) is 9.40. The lowest BCUT2D eigenvalue weighted by Gasteiger charge is -2.23. The number of nitrogens with zero attached hydrogens (tertiary/aromatic N) is 1. The van der Waals surface area contributed by atoms with E-state index in [1.807, 2.05) is 42.5 Å². The Hall–Kier alpha value is -2.64. The van der Waals surface area contributed by atoms with Crippen LogP contribution < -0.4 is 4.74 Å². The van der Waals surface area contributed by atoms with Crippen LogP contribution in [0.2, 0.25) is 0 Å². The van der Waals surface area contributed by atoms with Gasteiger partial charge in [-0.1, -0.05) is 66.4 Å². The van der Waals surface area contributed by atoms with Gasteiger partial charge in [0.1, 0.15) is 16.1 Å². The van der Waals surface area contributed by atoms with Gasteiger partial charge in [-0.25, -0.2) is 4.79 Å². The third kappa shape index (κ3) is 4.37. The minimum Gasteiger partial charge on any atom is -0.497 e. The fourth-order valence-electron chi connectivity index (χ4n) is 2.73. The van der Waals surface area contributed by atoms with Crippen LogP contribution >= 0.6 is 24.0 Å². The number of rotatable bonds is 6. The molecule has 7 heteroatoms. The van der Waals surface area contributed by atoms with Gasteiger partial charge < -0.3 is 9.84 Å². The van der Waals surface area contributed by atoms with Gasteiger partial charge in [-0.2, -0.15) is 0 Å². The summed E-state index contributed by atoms with van der Waals surface area (Å²) in [6, 6.07) is 15.4. The van der Waals surface area contributed by atoms with Crippen LogP contribution in [0.1, 0.15) is 11.1 Å². The van der Waals surface area contributed by atoms with Crippen LogP contribution in [0.5, 0.6) is 5.75 Å². The van der Waals surface area contributed by atoms with Gasteiger partial charge in [-0.3, -0.25) is 9.69 Å². The molecule has 138 valence electrons. The number of benzene rings is 2. The maximum absolute atomic E-state index is 12.8. The van der Waals surface area contributed by atoms with Crippen LogP contribution in [0.25, 0.3) is 6.08 Å². The molecule has 1 N–H and O–H groups in total. The number of hydrogen-bond donors (Lipinski definition) is 1. The molecule has 0 spiro atoms. The Morgan fingerprint density at radius 3 is 2.48 bits per heavy atom. The first-order valence-electron chi connectivity index (χ1n) is 8.17. The summed E-state index contributed by atoms with van der Waals surface area (Å²) < 4.78 is 5.37. The molecule has 1 aliphatic rings. The van der Waals surface area contributed by atoms with Gasteiger partial charge in [-0.05, 0) is 29.3 Å². The van der Waals surface area contributed by atoms with E-state index in [0.717, 1.165) is 22.9 Å². The molecule has 0 aliphatic carbocycles. The molecule has 1 atom stereocenters. The fraction of sp³-hybridized carbons (Fsp3) is 0.150. The monoisotopic (exact) mass is 399 g/mol. The highest BCUT2D eigenvalue weighted by atomic mass is 32.2. The zero-order valence-corrected chi connectivity index (χ0v) is 16.1. The van der Waals surface area contributed by atoms with Crippen LogP contribution in [-0.2, 0) is 16.0 Å². The van der Waals surface area contributed by atoms with Gasteiger partial charge >= 0.3 is 5.97 Å². The second-order valence-corrected chi connectivity index (χ2v) is 7.54. The largest absolute Gasteiger partial charge is 0.497 e. The number of carboxylic acids is 1. The summed E-state index contributed by atoms with van der Waals surface area (Å²) in [5.41, 5.74) is 1.64. The molecule has 0 bridgehead atoms. The van der Waals surface area contributed by atoms with Crippen molar-refractivity contribution in [2.24, 2.45) is 0 Å². The molecule has 0 radical (unpaired) electrons. The Morgan fingerprint density at radius 1 is 1.22 bits per heavy atom. The van der Waals surface area contributed by atoms with E-state index in [4.69, 9.17) is 17.0 Å².